The van der Waals surface area contributed by atoms with Gasteiger partial charge in [0.2, 0.25) is 5.91 Å². The molecule has 0 bridgehead atoms. The lowest BCUT2D eigenvalue weighted by Crippen LogP contribution is -2.46. The van der Waals surface area contributed by atoms with Crippen LogP contribution in [0.25, 0.3) is 0 Å². The number of urea groups is 1. The SMILES string of the molecule is CCCCC1(c2ccccc2)NC(=O)N(CC(=O)N(CCC#N)c2ccc(C)c(C)c2)C1=O. The van der Waals surface area contributed by atoms with Crippen LogP contribution in [0.15, 0.2) is 48.5 Å². The molecule has 1 atom stereocenters. The van der Waals surface area contributed by atoms with Crippen molar-refractivity contribution in [1.82, 2.24) is 10.2 Å². The van der Waals surface area contributed by atoms with E-state index in [4.69, 9.17) is 5.26 Å². The highest BCUT2D eigenvalue weighted by molar-refractivity contribution is 6.10. The predicted octanol–water partition coefficient (Wildman–Crippen LogP) is 4.19. The maximum Gasteiger partial charge on any atom is 0.325 e. The zero-order valence-electron chi connectivity index (χ0n) is 19.4. The summed E-state index contributed by atoms with van der Waals surface area (Å²) in [5, 5.41) is 11.9. The molecule has 7 nitrogen and oxygen atoms in total. The van der Waals surface area contributed by atoms with Crippen LogP contribution in [0.2, 0.25) is 0 Å². The van der Waals surface area contributed by atoms with E-state index in [2.05, 4.69) is 11.4 Å². The number of anilines is 1. The number of nitrogens with one attached hydrogen (secondary N) is 1. The highest BCUT2D eigenvalue weighted by Crippen LogP contribution is 2.34. The molecule has 0 aliphatic carbocycles. The maximum absolute atomic E-state index is 13.6. The number of imide groups is 1. The molecule has 172 valence electrons. The first kappa shape index (κ1) is 24.0. The third-order valence-corrected chi connectivity index (χ3v) is 6.19. The van der Waals surface area contributed by atoms with E-state index in [9.17, 15) is 14.4 Å². The number of carbonyl (C=O) groups excluding carboxylic acids is 3. The molecule has 4 amide bonds. The van der Waals surface area contributed by atoms with Gasteiger partial charge in [-0.2, -0.15) is 5.26 Å². The van der Waals surface area contributed by atoms with Gasteiger partial charge >= 0.3 is 6.03 Å². The quantitative estimate of drug-likeness (QED) is 0.585. The van der Waals surface area contributed by atoms with Gasteiger partial charge in [0.25, 0.3) is 5.91 Å². The van der Waals surface area contributed by atoms with E-state index < -0.39 is 23.4 Å². The maximum atomic E-state index is 13.6. The molecule has 1 aliphatic rings. The van der Waals surface area contributed by atoms with Crippen LogP contribution in [-0.4, -0.2) is 35.8 Å². The largest absolute Gasteiger partial charge is 0.325 e. The number of nitrogens with zero attached hydrogens (tertiary/aromatic N) is 3. The van der Waals surface area contributed by atoms with Crippen LogP contribution in [0, 0.1) is 25.2 Å². The number of benzene rings is 2. The van der Waals surface area contributed by atoms with Gasteiger partial charge < -0.3 is 10.2 Å². The Labute approximate surface area is 195 Å². The van der Waals surface area contributed by atoms with Gasteiger partial charge in [0.05, 0.1) is 12.5 Å². The van der Waals surface area contributed by atoms with Gasteiger partial charge in [-0.25, -0.2) is 4.79 Å². The molecule has 2 aromatic rings. The predicted molar refractivity (Wildman–Crippen MR) is 126 cm³/mol. The van der Waals surface area contributed by atoms with Crippen molar-refractivity contribution in [1.29, 1.82) is 5.26 Å². The number of unbranched alkanes of at least 4 members (excludes halogenated alkanes) is 1. The van der Waals surface area contributed by atoms with Crippen LogP contribution in [0.4, 0.5) is 10.5 Å². The zero-order chi connectivity index (χ0) is 24.0. The molecular formula is C26H30N4O3. The molecule has 33 heavy (non-hydrogen) atoms. The Kier molecular flexibility index (Phi) is 7.49. The van der Waals surface area contributed by atoms with E-state index in [0.29, 0.717) is 17.7 Å². The summed E-state index contributed by atoms with van der Waals surface area (Å²) >= 11 is 0. The topological polar surface area (TPSA) is 93.5 Å². The summed E-state index contributed by atoms with van der Waals surface area (Å²) in [5.41, 5.74) is 2.28. The van der Waals surface area contributed by atoms with Gasteiger partial charge in [0, 0.05) is 12.2 Å². The smallest absolute Gasteiger partial charge is 0.319 e. The second-order valence-corrected chi connectivity index (χ2v) is 8.42. The summed E-state index contributed by atoms with van der Waals surface area (Å²) in [6.07, 6.45) is 2.21. The minimum Gasteiger partial charge on any atom is -0.319 e. The molecule has 1 N–H and O–H groups in total. The number of carbonyl (C=O) groups is 3. The molecule has 2 aromatic carbocycles. The van der Waals surface area contributed by atoms with Crippen molar-refractivity contribution >= 4 is 23.5 Å². The lowest BCUT2D eigenvalue weighted by atomic mass is 9.85. The molecule has 3 rings (SSSR count). The first-order valence-corrected chi connectivity index (χ1v) is 11.3. The average Bonchev–Trinajstić information content (AvgIpc) is 3.05. The van der Waals surface area contributed by atoms with Crippen LogP contribution in [-0.2, 0) is 15.1 Å². The number of rotatable bonds is 9. The van der Waals surface area contributed by atoms with Crippen LogP contribution in [0.3, 0.4) is 0 Å². The third kappa shape index (κ3) is 4.90. The summed E-state index contributed by atoms with van der Waals surface area (Å²) in [5.74, 6) is -0.822. The first-order chi connectivity index (χ1) is 15.8. The third-order valence-electron chi connectivity index (χ3n) is 6.19. The number of amides is 4. The molecule has 0 aromatic heterocycles. The van der Waals surface area contributed by atoms with Gasteiger partial charge in [-0.05, 0) is 49.1 Å². The Hall–Kier alpha value is -3.66. The Bertz CT molecular complexity index is 1080. The lowest BCUT2D eigenvalue weighted by molar-refractivity contribution is -0.134. The normalized spacial score (nSPS) is 17.6. The van der Waals surface area contributed by atoms with Gasteiger partial charge in [0.1, 0.15) is 12.1 Å². The van der Waals surface area contributed by atoms with Crippen molar-refractivity contribution in [2.45, 2.75) is 52.0 Å². The summed E-state index contributed by atoms with van der Waals surface area (Å²) in [7, 11) is 0. The first-order valence-electron chi connectivity index (χ1n) is 11.3. The summed E-state index contributed by atoms with van der Waals surface area (Å²) < 4.78 is 0. The van der Waals surface area contributed by atoms with Gasteiger partial charge in [0.15, 0.2) is 0 Å². The minimum atomic E-state index is -1.17. The van der Waals surface area contributed by atoms with Crippen LogP contribution >= 0.6 is 0 Å². The molecular weight excluding hydrogens is 416 g/mol. The van der Waals surface area contributed by atoms with E-state index >= 15 is 0 Å². The molecule has 1 heterocycles. The molecule has 1 fully saturated rings. The van der Waals surface area contributed by atoms with E-state index in [1.807, 2.05) is 69.3 Å². The lowest BCUT2D eigenvalue weighted by Gasteiger charge is -2.28. The Morgan fingerprint density at radius 1 is 1.12 bits per heavy atom. The van der Waals surface area contributed by atoms with Crippen molar-refractivity contribution in [3.05, 3.63) is 65.2 Å². The van der Waals surface area contributed by atoms with Crippen molar-refractivity contribution in [2.24, 2.45) is 0 Å². The van der Waals surface area contributed by atoms with E-state index in [1.165, 1.54) is 4.90 Å². The summed E-state index contributed by atoms with van der Waals surface area (Å²) in [6, 6.07) is 16.3. The number of aryl methyl sites for hydroxylation is 2. The number of hydrogen-bond acceptors (Lipinski definition) is 4. The van der Waals surface area contributed by atoms with Crippen molar-refractivity contribution in [3.63, 3.8) is 0 Å². The van der Waals surface area contributed by atoms with Crippen molar-refractivity contribution in [3.8, 4) is 6.07 Å². The van der Waals surface area contributed by atoms with Crippen molar-refractivity contribution < 1.29 is 14.4 Å². The summed E-state index contributed by atoms with van der Waals surface area (Å²) in [6.45, 7) is 5.75. The van der Waals surface area contributed by atoms with Crippen LogP contribution in [0.1, 0.15) is 49.3 Å². The Morgan fingerprint density at radius 2 is 1.85 bits per heavy atom. The minimum absolute atomic E-state index is 0.142. The monoisotopic (exact) mass is 446 g/mol. The number of hydrogen-bond donors (Lipinski definition) is 1. The van der Waals surface area contributed by atoms with Crippen molar-refractivity contribution in [2.75, 3.05) is 18.0 Å². The standard InChI is InChI=1S/C26H30N4O3/c1-4-5-14-26(21-10-7-6-8-11-21)24(32)30(25(33)28-26)18-23(31)29(16-9-15-27)22-13-12-19(2)20(3)17-22/h6-8,10-13,17H,4-5,9,14,16,18H2,1-3H3,(H,28,33). The van der Waals surface area contributed by atoms with Gasteiger partial charge in [-0.15, -0.1) is 0 Å². The summed E-state index contributed by atoms with van der Waals surface area (Å²) in [4.78, 5) is 42.3. The van der Waals surface area contributed by atoms with E-state index in [0.717, 1.165) is 28.9 Å². The molecule has 7 heteroatoms. The second-order valence-electron chi connectivity index (χ2n) is 8.42. The van der Waals surface area contributed by atoms with E-state index in [1.54, 1.807) is 0 Å². The fraction of sp³-hybridized carbons (Fsp3) is 0.385. The molecule has 1 saturated heterocycles. The average molecular weight is 447 g/mol. The molecule has 0 spiro atoms. The molecule has 0 saturated carbocycles. The fourth-order valence-electron chi connectivity index (χ4n) is 4.12. The zero-order valence-corrected chi connectivity index (χ0v) is 19.4. The van der Waals surface area contributed by atoms with Gasteiger partial charge in [-0.1, -0.05) is 56.2 Å². The fourth-order valence-corrected chi connectivity index (χ4v) is 4.12. The van der Waals surface area contributed by atoms with Crippen LogP contribution in [0.5, 0.6) is 0 Å². The second kappa shape index (κ2) is 10.3. The highest BCUT2D eigenvalue weighted by atomic mass is 16.2. The Morgan fingerprint density at radius 3 is 2.48 bits per heavy atom. The van der Waals surface area contributed by atoms with Gasteiger partial charge in [-0.3, -0.25) is 14.5 Å². The molecule has 0 radical (unpaired) electrons. The van der Waals surface area contributed by atoms with E-state index in [-0.39, 0.29) is 19.5 Å². The molecule has 1 aliphatic heterocycles. The highest BCUT2D eigenvalue weighted by Gasteiger charge is 2.52. The molecule has 1 unspecified atom stereocenters. The number of nitriles is 1. The Balaban J connectivity index is 1.89. The van der Waals surface area contributed by atoms with Crippen LogP contribution < -0.4 is 10.2 Å².